The van der Waals surface area contributed by atoms with Crippen molar-refractivity contribution in [2.75, 3.05) is 19.8 Å². The van der Waals surface area contributed by atoms with E-state index in [1.807, 2.05) is 0 Å². The molecule has 1 aromatic carbocycles. The number of nitrogens with zero attached hydrogens (tertiary/aromatic N) is 3. The zero-order valence-electron chi connectivity index (χ0n) is 19.6. The van der Waals surface area contributed by atoms with Crippen molar-refractivity contribution in [3.63, 3.8) is 0 Å². The molecule has 0 spiro atoms. The zero-order chi connectivity index (χ0) is 24.6. The first kappa shape index (κ1) is 26.7. The van der Waals surface area contributed by atoms with E-state index in [2.05, 4.69) is 40.6 Å². The Balaban J connectivity index is 1.97. The SMILES string of the molecule is CC(=O)OC(Cc1cn(CCOCCNC(C)(C)C)nn1)c1ccc(OS(=O)(=O)O)c(C)c1. The Labute approximate surface area is 194 Å². The van der Waals surface area contributed by atoms with E-state index >= 15 is 0 Å². The minimum Gasteiger partial charge on any atom is -0.457 e. The van der Waals surface area contributed by atoms with Gasteiger partial charge in [0.15, 0.2) is 0 Å². The minimum atomic E-state index is -4.64. The van der Waals surface area contributed by atoms with Crippen molar-refractivity contribution in [3.05, 3.63) is 41.2 Å². The number of ether oxygens (including phenoxy) is 2. The Bertz CT molecular complexity index is 1030. The molecule has 1 heterocycles. The zero-order valence-corrected chi connectivity index (χ0v) is 20.4. The summed E-state index contributed by atoms with van der Waals surface area (Å²) >= 11 is 0. The molecular formula is C21H32N4O7S. The summed E-state index contributed by atoms with van der Waals surface area (Å²) in [6.45, 7) is 11.5. The lowest BCUT2D eigenvalue weighted by molar-refractivity contribution is -0.146. The van der Waals surface area contributed by atoms with Crippen LogP contribution in [0.1, 0.15) is 50.6 Å². The lowest BCUT2D eigenvalue weighted by Crippen LogP contribution is -2.38. The molecule has 2 aromatic rings. The molecule has 0 aliphatic heterocycles. The predicted octanol–water partition coefficient (Wildman–Crippen LogP) is 2.02. The molecule has 2 N–H and O–H groups in total. The monoisotopic (exact) mass is 484 g/mol. The van der Waals surface area contributed by atoms with Crippen LogP contribution in [0.2, 0.25) is 0 Å². The van der Waals surface area contributed by atoms with E-state index in [1.54, 1.807) is 29.9 Å². The standard InChI is InChI=1S/C21H32N4O7S/c1-15-12-17(6-7-19(15)32-33(27,28)29)20(31-16(2)26)13-18-14-25(24-23-18)9-11-30-10-8-22-21(3,4)5/h6-7,12,14,20,22H,8-11,13H2,1-5H3,(H,27,28,29). The second kappa shape index (κ2) is 11.5. The van der Waals surface area contributed by atoms with Crippen LogP contribution in [0.3, 0.4) is 0 Å². The topological polar surface area (TPSA) is 142 Å². The van der Waals surface area contributed by atoms with Crippen LogP contribution in [-0.4, -0.2) is 59.2 Å². The van der Waals surface area contributed by atoms with Gasteiger partial charge in [-0.05, 0) is 51.0 Å². The molecule has 0 saturated carbocycles. The van der Waals surface area contributed by atoms with Gasteiger partial charge in [0.1, 0.15) is 11.9 Å². The molecule has 1 aromatic heterocycles. The molecule has 1 atom stereocenters. The van der Waals surface area contributed by atoms with E-state index in [-0.39, 0.29) is 17.7 Å². The Hall–Kier alpha value is -2.54. The Morgan fingerprint density at radius 3 is 2.61 bits per heavy atom. The van der Waals surface area contributed by atoms with E-state index < -0.39 is 22.5 Å². The number of nitrogens with one attached hydrogen (secondary N) is 1. The smallest absolute Gasteiger partial charge is 0.446 e. The first-order valence-corrected chi connectivity index (χ1v) is 11.9. The number of esters is 1. The van der Waals surface area contributed by atoms with Gasteiger partial charge in [-0.15, -0.1) is 5.10 Å². The normalized spacial score (nSPS) is 13.0. The molecule has 0 aliphatic rings. The van der Waals surface area contributed by atoms with Crippen LogP contribution in [0.5, 0.6) is 5.75 Å². The number of aromatic nitrogens is 3. The van der Waals surface area contributed by atoms with Crippen molar-refractivity contribution in [1.82, 2.24) is 20.3 Å². The molecule has 33 heavy (non-hydrogen) atoms. The number of carbonyl (C=O) groups excluding carboxylic acids is 1. The van der Waals surface area contributed by atoms with Crippen LogP contribution in [0.15, 0.2) is 24.4 Å². The first-order valence-electron chi connectivity index (χ1n) is 10.5. The molecule has 0 aliphatic carbocycles. The first-order chi connectivity index (χ1) is 15.3. The summed E-state index contributed by atoms with van der Waals surface area (Å²) in [6.07, 6.45) is 1.37. The van der Waals surface area contributed by atoms with E-state index in [9.17, 15) is 13.2 Å². The highest BCUT2D eigenvalue weighted by Gasteiger charge is 2.20. The van der Waals surface area contributed by atoms with Crippen LogP contribution in [-0.2, 0) is 37.6 Å². The molecule has 0 fully saturated rings. The Morgan fingerprint density at radius 2 is 2.00 bits per heavy atom. The third-order valence-electron chi connectivity index (χ3n) is 4.42. The fraction of sp³-hybridized carbons (Fsp3) is 0.571. The van der Waals surface area contributed by atoms with Crippen LogP contribution in [0, 0.1) is 6.92 Å². The molecule has 1 unspecified atom stereocenters. The molecule has 0 saturated heterocycles. The van der Waals surface area contributed by atoms with Crippen LogP contribution < -0.4 is 9.50 Å². The fourth-order valence-electron chi connectivity index (χ4n) is 3.00. The van der Waals surface area contributed by atoms with Gasteiger partial charge in [-0.1, -0.05) is 11.3 Å². The lowest BCUT2D eigenvalue weighted by atomic mass is 10.0. The third-order valence-corrected chi connectivity index (χ3v) is 4.81. The molecule has 0 radical (unpaired) electrons. The largest absolute Gasteiger partial charge is 0.457 e. The summed E-state index contributed by atoms with van der Waals surface area (Å²) in [6, 6.07) is 4.57. The predicted molar refractivity (Wildman–Crippen MR) is 120 cm³/mol. The van der Waals surface area contributed by atoms with E-state index in [1.165, 1.54) is 13.0 Å². The summed E-state index contributed by atoms with van der Waals surface area (Å²) in [5.41, 5.74) is 1.73. The van der Waals surface area contributed by atoms with Gasteiger partial charge in [-0.2, -0.15) is 8.42 Å². The number of benzene rings is 1. The maximum atomic E-state index is 11.6. The molecule has 0 amide bonds. The van der Waals surface area contributed by atoms with Crippen molar-refractivity contribution < 1.29 is 31.4 Å². The molecule has 12 heteroatoms. The molecule has 11 nitrogen and oxygen atoms in total. The van der Waals surface area contributed by atoms with Gasteiger partial charge in [-0.3, -0.25) is 9.35 Å². The number of aryl methyl sites for hydroxylation is 1. The maximum Gasteiger partial charge on any atom is 0.446 e. The molecular weight excluding hydrogens is 452 g/mol. The van der Waals surface area contributed by atoms with Gasteiger partial charge < -0.3 is 19.0 Å². The van der Waals surface area contributed by atoms with Crippen molar-refractivity contribution in [2.24, 2.45) is 0 Å². The third kappa shape index (κ3) is 10.3. The average Bonchev–Trinajstić information content (AvgIpc) is 3.11. The van der Waals surface area contributed by atoms with Gasteiger partial charge in [0, 0.05) is 31.6 Å². The van der Waals surface area contributed by atoms with Gasteiger partial charge >= 0.3 is 16.4 Å². The Morgan fingerprint density at radius 1 is 1.27 bits per heavy atom. The summed E-state index contributed by atoms with van der Waals surface area (Å²) < 4.78 is 48.0. The molecule has 0 bridgehead atoms. The minimum absolute atomic E-state index is 0.0218. The van der Waals surface area contributed by atoms with Gasteiger partial charge in [0.2, 0.25) is 0 Å². The summed E-state index contributed by atoms with van der Waals surface area (Å²) in [7, 11) is -4.64. The van der Waals surface area contributed by atoms with Crippen molar-refractivity contribution >= 4 is 16.4 Å². The number of hydrogen-bond acceptors (Lipinski definition) is 9. The van der Waals surface area contributed by atoms with Crippen LogP contribution in [0.25, 0.3) is 0 Å². The average molecular weight is 485 g/mol. The Kier molecular flexibility index (Phi) is 9.35. The van der Waals surface area contributed by atoms with E-state index in [0.717, 1.165) is 6.54 Å². The summed E-state index contributed by atoms with van der Waals surface area (Å²) in [4.78, 5) is 11.6. The van der Waals surface area contributed by atoms with Crippen molar-refractivity contribution in [2.45, 2.75) is 59.2 Å². The lowest BCUT2D eigenvalue weighted by Gasteiger charge is -2.20. The van der Waals surface area contributed by atoms with E-state index in [0.29, 0.717) is 36.6 Å². The highest BCUT2D eigenvalue weighted by atomic mass is 32.3. The number of hydrogen-bond donors (Lipinski definition) is 2. The molecule has 2 rings (SSSR count). The number of rotatable bonds is 12. The van der Waals surface area contributed by atoms with Crippen LogP contribution in [0.4, 0.5) is 0 Å². The van der Waals surface area contributed by atoms with Crippen molar-refractivity contribution in [3.8, 4) is 5.75 Å². The maximum absolute atomic E-state index is 11.6. The molecule has 184 valence electrons. The summed E-state index contributed by atoms with van der Waals surface area (Å²) in [5, 5.41) is 11.6. The van der Waals surface area contributed by atoms with Gasteiger partial charge in [0.25, 0.3) is 0 Å². The number of carbonyl (C=O) groups is 1. The fourth-order valence-corrected chi connectivity index (χ4v) is 3.41. The summed E-state index contributed by atoms with van der Waals surface area (Å²) in [5.74, 6) is -0.493. The quantitative estimate of drug-likeness (QED) is 0.261. The second-order valence-corrected chi connectivity index (χ2v) is 9.62. The van der Waals surface area contributed by atoms with Crippen LogP contribution >= 0.6 is 0 Å². The van der Waals surface area contributed by atoms with Gasteiger partial charge in [-0.25, -0.2) is 4.68 Å². The van der Waals surface area contributed by atoms with E-state index in [4.69, 9.17) is 14.0 Å². The highest BCUT2D eigenvalue weighted by Crippen LogP contribution is 2.27. The highest BCUT2D eigenvalue weighted by molar-refractivity contribution is 7.81. The van der Waals surface area contributed by atoms with Crippen molar-refractivity contribution in [1.29, 1.82) is 0 Å². The second-order valence-electron chi connectivity index (χ2n) is 8.60. The van der Waals surface area contributed by atoms with Gasteiger partial charge in [0.05, 0.1) is 25.5 Å².